The Bertz CT molecular complexity index is 1360. The standard InChI is InChI=1S/C26H25N3O4/c1-5-32-25(30)17-8-10-18(11-9-17)29-24-20(26(31)33-6-2)14-27-23-19-13-15(3)7-12-21(19)28-16(4)22(23)24/h7-14H,5-6H2,1-4H3,(H,27,29). The van der Waals surface area contributed by atoms with Gasteiger partial charge in [0.15, 0.2) is 0 Å². The molecule has 0 fully saturated rings. The molecule has 7 heteroatoms. The fraction of sp³-hybridized carbons (Fsp3) is 0.231. The van der Waals surface area contributed by atoms with Crippen molar-refractivity contribution in [1.82, 2.24) is 9.97 Å². The van der Waals surface area contributed by atoms with E-state index in [-0.39, 0.29) is 12.6 Å². The van der Waals surface area contributed by atoms with Crippen molar-refractivity contribution < 1.29 is 19.1 Å². The summed E-state index contributed by atoms with van der Waals surface area (Å²) in [5, 5.41) is 4.99. The summed E-state index contributed by atoms with van der Waals surface area (Å²) in [5.41, 5.74) is 5.45. The van der Waals surface area contributed by atoms with Crippen molar-refractivity contribution in [3.8, 4) is 0 Å². The lowest BCUT2D eigenvalue weighted by molar-refractivity contribution is 0.0517. The van der Waals surface area contributed by atoms with Gasteiger partial charge in [-0.2, -0.15) is 0 Å². The van der Waals surface area contributed by atoms with E-state index in [1.54, 1.807) is 38.1 Å². The van der Waals surface area contributed by atoms with Crippen LogP contribution in [0.25, 0.3) is 21.8 Å². The van der Waals surface area contributed by atoms with Gasteiger partial charge in [0, 0.05) is 28.4 Å². The highest BCUT2D eigenvalue weighted by atomic mass is 16.5. The average molecular weight is 444 g/mol. The Labute approximate surface area is 191 Å². The molecule has 0 aliphatic carbocycles. The molecule has 2 aromatic carbocycles. The number of anilines is 2. The smallest absolute Gasteiger partial charge is 0.341 e. The minimum atomic E-state index is -0.471. The van der Waals surface area contributed by atoms with E-state index < -0.39 is 5.97 Å². The molecular formula is C26H25N3O4. The zero-order chi connectivity index (χ0) is 23.5. The number of carbonyl (C=O) groups excluding carboxylic acids is 2. The number of rotatable bonds is 6. The maximum Gasteiger partial charge on any atom is 0.341 e. The summed E-state index contributed by atoms with van der Waals surface area (Å²) in [4.78, 5) is 34.1. The molecule has 0 spiro atoms. The molecule has 0 radical (unpaired) electrons. The number of benzene rings is 2. The number of aromatic nitrogens is 2. The van der Waals surface area contributed by atoms with Crippen molar-refractivity contribution in [1.29, 1.82) is 0 Å². The van der Waals surface area contributed by atoms with Gasteiger partial charge in [0.2, 0.25) is 0 Å². The van der Waals surface area contributed by atoms with E-state index in [1.165, 1.54) is 6.20 Å². The van der Waals surface area contributed by atoms with Crippen LogP contribution in [0.3, 0.4) is 0 Å². The van der Waals surface area contributed by atoms with Gasteiger partial charge in [0.05, 0.1) is 35.5 Å². The Kier molecular flexibility index (Phi) is 6.22. The van der Waals surface area contributed by atoms with Crippen molar-refractivity contribution in [3.63, 3.8) is 0 Å². The van der Waals surface area contributed by atoms with E-state index in [0.717, 1.165) is 33.1 Å². The molecule has 1 N–H and O–H groups in total. The van der Waals surface area contributed by atoms with Crippen molar-refractivity contribution in [2.75, 3.05) is 18.5 Å². The second-order valence-corrected chi connectivity index (χ2v) is 7.63. The summed E-state index contributed by atoms with van der Waals surface area (Å²) in [7, 11) is 0. The summed E-state index contributed by atoms with van der Waals surface area (Å²) in [6.45, 7) is 8.00. The molecule has 2 heterocycles. The van der Waals surface area contributed by atoms with Crippen LogP contribution >= 0.6 is 0 Å². The molecule has 4 rings (SSSR count). The molecule has 0 saturated carbocycles. The number of esters is 2. The fourth-order valence-corrected chi connectivity index (χ4v) is 3.78. The predicted molar refractivity (Wildman–Crippen MR) is 128 cm³/mol. The van der Waals surface area contributed by atoms with Crippen LogP contribution in [0.4, 0.5) is 11.4 Å². The molecule has 0 unspecified atom stereocenters. The van der Waals surface area contributed by atoms with Gasteiger partial charge in [-0.05, 0) is 64.1 Å². The van der Waals surface area contributed by atoms with E-state index in [1.807, 2.05) is 32.0 Å². The third kappa shape index (κ3) is 4.35. The van der Waals surface area contributed by atoms with Gasteiger partial charge in [-0.1, -0.05) is 11.6 Å². The molecule has 4 aromatic rings. The highest BCUT2D eigenvalue weighted by Gasteiger charge is 2.20. The zero-order valence-electron chi connectivity index (χ0n) is 19.1. The minimum absolute atomic E-state index is 0.249. The first-order valence-corrected chi connectivity index (χ1v) is 10.8. The molecule has 0 aliphatic rings. The Morgan fingerprint density at radius 1 is 0.939 bits per heavy atom. The van der Waals surface area contributed by atoms with Gasteiger partial charge in [-0.15, -0.1) is 0 Å². The van der Waals surface area contributed by atoms with Gasteiger partial charge in [0.1, 0.15) is 5.56 Å². The number of hydrogen-bond donors (Lipinski definition) is 1. The normalized spacial score (nSPS) is 10.9. The molecule has 0 aliphatic heterocycles. The van der Waals surface area contributed by atoms with Crippen LogP contribution in [0.1, 0.15) is 45.8 Å². The Balaban J connectivity index is 1.89. The number of ether oxygens (including phenoxy) is 2. The van der Waals surface area contributed by atoms with Crippen LogP contribution in [0.2, 0.25) is 0 Å². The first kappa shape index (κ1) is 22.2. The van der Waals surface area contributed by atoms with Gasteiger partial charge in [-0.3, -0.25) is 9.97 Å². The van der Waals surface area contributed by atoms with Gasteiger partial charge in [-0.25, -0.2) is 9.59 Å². The molecule has 0 saturated heterocycles. The molecule has 168 valence electrons. The van der Waals surface area contributed by atoms with E-state index in [4.69, 9.17) is 14.5 Å². The lowest BCUT2D eigenvalue weighted by Gasteiger charge is -2.17. The van der Waals surface area contributed by atoms with Crippen LogP contribution < -0.4 is 5.32 Å². The molecule has 33 heavy (non-hydrogen) atoms. The summed E-state index contributed by atoms with van der Waals surface area (Å²) < 4.78 is 10.3. The van der Waals surface area contributed by atoms with Crippen molar-refractivity contribution in [3.05, 3.63) is 71.0 Å². The monoisotopic (exact) mass is 443 g/mol. The van der Waals surface area contributed by atoms with Gasteiger partial charge < -0.3 is 14.8 Å². The summed E-state index contributed by atoms with van der Waals surface area (Å²) >= 11 is 0. The minimum Gasteiger partial charge on any atom is -0.462 e. The largest absolute Gasteiger partial charge is 0.462 e. The number of pyridine rings is 2. The Morgan fingerprint density at radius 2 is 1.64 bits per heavy atom. The molecule has 0 bridgehead atoms. The number of hydrogen-bond acceptors (Lipinski definition) is 7. The quantitative estimate of drug-likeness (QED) is 0.311. The third-order valence-electron chi connectivity index (χ3n) is 5.30. The van der Waals surface area contributed by atoms with Crippen molar-refractivity contribution >= 4 is 45.1 Å². The second-order valence-electron chi connectivity index (χ2n) is 7.63. The maximum absolute atomic E-state index is 12.8. The molecule has 2 aromatic heterocycles. The number of fused-ring (bicyclic) bond motifs is 3. The number of nitrogens with one attached hydrogen (secondary N) is 1. The lowest BCUT2D eigenvalue weighted by Crippen LogP contribution is -2.10. The second kappa shape index (κ2) is 9.24. The third-order valence-corrected chi connectivity index (χ3v) is 5.30. The number of carbonyl (C=O) groups is 2. The molecule has 7 nitrogen and oxygen atoms in total. The number of nitrogens with zero attached hydrogens (tertiary/aromatic N) is 2. The van der Waals surface area contributed by atoms with Gasteiger partial charge in [0.25, 0.3) is 0 Å². The van der Waals surface area contributed by atoms with Crippen LogP contribution in [-0.4, -0.2) is 35.1 Å². The summed E-state index contributed by atoms with van der Waals surface area (Å²) in [5.74, 6) is -0.853. The van der Waals surface area contributed by atoms with E-state index in [9.17, 15) is 9.59 Å². The molecule has 0 amide bonds. The van der Waals surface area contributed by atoms with Crippen molar-refractivity contribution in [2.45, 2.75) is 27.7 Å². The van der Waals surface area contributed by atoms with Crippen LogP contribution in [0.5, 0.6) is 0 Å². The van der Waals surface area contributed by atoms with Crippen LogP contribution in [0.15, 0.2) is 48.7 Å². The summed E-state index contributed by atoms with van der Waals surface area (Å²) in [6, 6.07) is 12.9. The fourth-order valence-electron chi connectivity index (χ4n) is 3.78. The zero-order valence-corrected chi connectivity index (χ0v) is 19.1. The highest BCUT2D eigenvalue weighted by Crippen LogP contribution is 2.35. The highest BCUT2D eigenvalue weighted by molar-refractivity contribution is 6.13. The van der Waals surface area contributed by atoms with E-state index in [0.29, 0.717) is 29.1 Å². The van der Waals surface area contributed by atoms with Crippen molar-refractivity contribution in [2.24, 2.45) is 0 Å². The van der Waals surface area contributed by atoms with Crippen LogP contribution in [0, 0.1) is 13.8 Å². The van der Waals surface area contributed by atoms with E-state index in [2.05, 4.69) is 10.3 Å². The maximum atomic E-state index is 12.8. The Morgan fingerprint density at radius 3 is 2.33 bits per heavy atom. The Hall–Kier alpha value is -4.00. The first-order valence-electron chi connectivity index (χ1n) is 10.8. The average Bonchev–Trinajstić information content (AvgIpc) is 2.80. The van der Waals surface area contributed by atoms with Gasteiger partial charge >= 0.3 is 11.9 Å². The molecule has 0 atom stereocenters. The molecular weight excluding hydrogens is 418 g/mol. The first-order chi connectivity index (χ1) is 15.9. The lowest BCUT2D eigenvalue weighted by atomic mass is 10.0. The topological polar surface area (TPSA) is 90.4 Å². The number of aryl methyl sites for hydroxylation is 2. The summed E-state index contributed by atoms with van der Waals surface area (Å²) in [6.07, 6.45) is 1.54. The SMILES string of the molecule is CCOC(=O)c1ccc(Nc2c(C(=O)OCC)cnc3c2c(C)nc2ccc(C)cc23)cc1. The predicted octanol–water partition coefficient (Wildman–Crippen LogP) is 5.50. The van der Waals surface area contributed by atoms with Crippen LogP contribution in [-0.2, 0) is 9.47 Å². The van der Waals surface area contributed by atoms with E-state index >= 15 is 0 Å².